The third kappa shape index (κ3) is 5.70. The van der Waals surface area contributed by atoms with E-state index in [-0.39, 0.29) is 41.4 Å². The highest BCUT2D eigenvalue weighted by Gasteiger charge is 2.35. The standard InChI is InChI=1S/C25H27ClF3N5O4/c1-14(15-6-2-3-7-17(15)25(27,28)29)32-18-9-10-33(13-16(18)22(30)24(36)37)19-12-31-34(23(35)21(19)26)20-8-4-5-11-38-20/h2-3,6-7,12,14,20,30,32H,4-5,8-11,13H2,1H3,(H,36,37). The number of ether oxygens (including phenoxy) is 1. The third-order valence-corrected chi connectivity index (χ3v) is 7.03. The summed E-state index contributed by atoms with van der Waals surface area (Å²) in [4.78, 5) is 26.3. The molecule has 9 nitrogen and oxygen atoms in total. The lowest BCUT2D eigenvalue weighted by Crippen LogP contribution is -2.41. The molecule has 2 aliphatic rings. The van der Waals surface area contributed by atoms with Crippen LogP contribution in [0.2, 0.25) is 5.02 Å². The Labute approximate surface area is 221 Å². The first-order chi connectivity index (χ1) is 18.0. The molecule has 3 heterocycles. The van der Waals surface area contributed by atoms with Gasteiger partial charge in [0, 0.05) is 43.4 Å². The normalized spacial score (nSPS) is 19.3. The van der Waals surface area contributed by atoms with E-state index < -0.39 is 41.2 Å². The van der Waals surface area contributed by atoms with Crippen LogP contribution in [0, 0.1) is 5.41 Å². The largest absolute Gasteiger partial charge is 0.477 e. The van der Waals surface area contributed by atoms with Crippen LogP contribution in [0.5, 0.6) is 0 Å². The smallest absolute Gasteiger partial charge is 0.416 e. The van der Waals surface area contributed by atoms with Crippen LogP contribution in [0.1, 0.15) is 56.0 Å². The van der Waals surface area contributed by atoms with E-state index in [9.17, 15) is 27.9 Å². The van der Waals surface area contributed by atoms with Crippen molar-refractivity contribution in [2.75, 3.05) is 24.6 Å². The lowest BCUT2D eigenvalue weighted by molar-refractivity contribution is -0.138. The number of benzene rings is 1. The number of aromatic nitrogens is 2. The van der Waals surface area contributed by atoms with Crippen LogP contribution in [0.4, 0.5) is 18.9 Å². The van der Waals surface area contributed by atoms with Gasteiger partial charge >= 0.3 is 12.1 Å². The van der Waals surface area contributed by atoms with E-state index in [4.69, 9.17) is 21.7 Å². The van der Waals surface area contributed by atoms with E-state index in [1.165, 1.54) is 29.1 Å². The van der Waals surface area contributed by atoms with Crippen molar-refractivity contribution < 1.29 is 27.8 Å². The van der Waals surface area contributed by atoms with Crippen molar-refractivity contribution in [3.63, 3.8) is 0 Å². The molecule has 2 unspecified atom stereocenters. The number of alkyl halides is 3. The molecule has 2 atom stereocenters. The molecular weight excluding hydrogens is 527 g/mol. The van der Waals surface area contributed by atoms with Crippen LogP contribution in [0.25, 0.3) is 0 Å². The SMILES string of the molecule is CC(NC1=C(C(=N)C(=O)O)CN(c2cnn(C3CCCCO3)c(=O)c2Cl)CC1)c1ccccc1C(F)(F)F. The number of nitrogens with zero attached hydrogens (tertiary/aromatic N) is 3. The molecule has 1 aromatic carbocycles. The highest BCUT2D eigenvalue weighted by molar-refractivity contribution is 6.41. The van der Waals surface area contributed by atoms with Crippen molar-refractivity contribution >= 4 is 29.0 Å². The number of nitrogens with one attached hydrogen (secondary N) is 2. The van der Waals surface area contributed by atoms with Crippen LogP contribution in [-0.2, 0) is 15.7 Å². The van der Waals surface area contributed by atoms with Gasteiger partial charge in [-0.15, -0.1) is 0 Å². The monoisotopic (exact) mass is 553 g/mol. The Morgan fingerprint density at radius 1 is 1.32 bits per heavy atom. The molecule has 1 saturated heterocycles. The molecule has 204 valence electrons. The Morgan fingerprint density at radius 2 is 2.05 bits per heavy atom. The molecule has 0 spiro atoms. The lowest BCUT2D eigenvalue weighted by atomic mass is 9.97. The lowest BCUT2D eigenvalue weighted by Gasteiger charge is -2.34. The minimum atomic E-state index is -4.56. The maximum Gasteiger partial charge on any atom is 0.416 e. The van der Waals surface area contributed by atoms with E-state index in [0.29, 0.717) is 18.7 Å². The summed E-state index contributed by atoms with van der Waals surface area (Å²) in [7, 11) is 0. The zero-order chi connectivity index (χ0) is 27.6. The number of anilines is 1. The van der Waals surface area contributed by atoms with E-state index in [0.717, 1.165) is 18.9 Å². The fourth-order valence-corrected chi connectivity index (χ4v) is 4.99. The van der Waals surface area contributed by atoms with Gasteiger partial charge in [-0.05, 0) is 37.8 Å². The molecule has 1 fully saturated rings. The molecule has 38 heavy (non-hydrogen) atoms. The molecule has 2 aliphatic heterocycles. The summed E-state index contributed by atoms with van der Waals surface area (Å²) in [6.45, 7) is 2.21. The molecule has 0 radical (unpaired) electrons. The fourth-order valence-electron chi connectivity index (χ4n) is 4.74. The van der Waals surface area contributed by atoms with Crippen LogP contribution in [-0.4, -0.2) is 46.3 Å². The quantitative estimate of drug-likeness (QED) is 0.431. The van der Waals surface area contributed by atoms with E-state index in [1.54, 1.807) is 11.8 Å². The summed E-state index contributed by atoms with van der Waals surface area (Å²) in [6.07, 6.45) is -1.09. The molecule has 0 aliphatic carbocycles. The van der Waals surface area contributed by atoms with Gasteiger partial charge in [0.2, 0.25) is 0 Å². The molecule has 3 N–H and O–H groups in total. The van der Waals surface area contributed by atoms with Crippen molar-refractivity contribution in [2.24, 2.45) is 0 Å². The van der Waals surface area contributed by atoms with E-state index in [1.807, 2.05) is 0 Å². The van der Waals surface area contributed by atoms with Crippen molar-refractivity contribution in [1.29, 1.82) is 5.41 Å². The highest BCUT2D eigenvalue weighted by Crippen LogP contribution is 2.35. The molecule has 4 rings (SSSR count). The number of carbonyl (C=O) groups is 1. The van der Waals surface area contributed by atoms with Crippen LogP contribution < -0.4 is 15.8 Å². The molecule has 0 bridgehead atoms. The maximum absolute atomic E-state index is 13.5. The van der Waals surface area contributed by atoms with E-state index in [2.05, 4.69) is 10.4 Å². The number of hydrogen-bond donors (Lipinski definition) is 3. The molecule has 13 heteroatoms. The zero-order valence-corrected chi connectivity index (χ0v) is 21.3. The topological polar surface area (TPSA) is 121 Å². The Hall–Kier alpha value is -3.38. The average molecular weight is 554 g/mol. The first kappa shape index (κ1) is 27.6. The van der Waals surface area contributed by atoms with Crippen LogP contribution in [0.3, 0.4) is 0 Å². The predicted octanol–water partition coefficient (Wildman–Crippen LogP) is 4.53. The summed E-state index contributed by atoms with van der Waals surface area (Å²) in [6, 6.07) is 4.31. The van der Waals surface area contributed by atoms with Crippen molar-refractivity contribution in [3.8, 4) is 0 Å². The highest BCUT2D eigenvalue weighted by atomic mass is 35.5. The first-order valence-corrected chi connectivity index (χ1v) is 12.5. The summed E-state index contributed by atoms with van der Waals surface area (Å²) in [5, 5.41) is 24.8. The molecule has 1 aromatic heterocycles. The van der Waals surface area contributed by atoms with Gasteiger partial charge < -0.3 is 20.1 Å². The van der Waals surface area contributed by atoms with Gasteiger partial charge in [-0.2, -0.15) is 23.0 Å². The molecule has 0 saturated carbocycles. The van der Waals surface area contributed by atoms with Crippen molar-refractivity contribution in [2.45, 2.75) is 51.1 Å². The Balaban J connectivity index is 1.63. The predicted molar refractivity (Wildman–Crippen MR) is 135 cm³/mol. The number of carboxylic acids is 1. The van der Waals surface area contributed by atoms with Gasteiger partial charge in [0.1, 0.15) is 10.7 Å². The summed E-state index contributed by atoms with van der Waals surface area (Å²) in [5.41, 5.74) is -1.36. The summed E-state index contributed by atoms with van der Waals surface area (Å²) in [5.74, 6) is -1.49. The number of aliphatic carboxylic acids is 1. The first-order valence-electron chi connectivity index (χ1n) is 12.1. The third-order valence-electron chi connectivity index (χ3n) is 6.68. The average Bonchev–Trinajstić information content (AvgIpc) is 2.90. The van der Waals surface area contributed by atoms with Crippen molar-refractivity contribution in [3.05, 3.63) is 68.2 Å². The van der Waals surface area contributed by atoms with Crippen molar-refractivity contribution in [1.82, 2.24) is 15.1 Å². The second-order valence-electron chi connectivity index (χ2n) is 9.17. The Morgan fingerprint density at radius 3 is 2.71 bits per heavy atom. The number of rotatable bonds is 7. The summed E-state index contributed by atoms with van der Waals surface area (Å²) < 4.78 is 47.4. The maximum atomic E-state index is 13.5. The zero-order valence-electron chi connectivity index (χ0n) is 20.5. The number of carboxylic acid groups (broad SMARTS) is 1. The van der Waals surface area contributed by atoms with Crippen LogP contribution >= 0.6 is 11.6 Å². The van der Waals surface area contributed by atoms with E-state index >= 15 is 0 Å². The molecule has 0 amide bonds. The minimum absolute atomic E-state index is 0.00285. The fraction of sp³-hybridized carbons (Fsp3) is 0.440. The molecule has 2 aromatic rings. The number of halogens is 4. The van der Waals surface area contributed by atoms with Gasteiger partial charge in [-0.1, -0.05) is 29.8 Å². The molecular formula is C25H27ClF3N5O4. The van der Waals surface area contributed by atoms with Crippen LogP contribution in [0.15, 0.2) is 46.5 Å². The number of hydrogen-bond acceptors (Lipinski definition) is 7. The summed E-state index contributed by atoms with van der Waals surface area (Å²) >= 11 is 6.42. The van der Waals surface area contributed by atoms with Gasteiger partial charge in [-0.25, -0.2) is 4.79 Å². The Bertz CT molecular complexity index is 1320. The second kappa shape index (κ2) is 11.2. The van der Waals surface area contributed by atoms with Gasteiger partial charge in [-0.3, -0.25) is 10.2 Å². The van der Waals surface area contributed by atoms with Gasteiger partial charge in [0.05, 0.1) is 17.4 Å². The second-order valence-corrected chi connectivity index (χ2v) is 9.55. The Kier molecular flexibility index (Phi) is 8.12. The van der Waals surface area contributed by atoms with Gasteiger partial charge in [0.15, 0.2) is 6.23 Å². The van der Waals surface area contributed by atoms with Gasteiger partial charge in [0.25, 0.3) is 5.56 Å². The minimum Gasteiger partial charge on any atom is -0.477 e.